The van der Waals surface area contributed by atoms with E-state index < -0.39 is 0 Å². The molecular formula is C21H27N5O2S. The summed E-state index contributed by atoms with van der Waals surface area (Å²) in [6, 6.07) is 0. The predicted octanol–water partition coefficient (Wildman–Crippen LogP) is 1.69. The van der Waals surface area contributed by atoms with E-state index in [-0.39, 0.29) is 11.8 Å². The molecule has 0 radical (unpaired) electrons. The van der Waals surface area contributed by atoms with Gasteiger partial charge in [0.2, 0.25) is 11.8 Å². The number of carbonyl (C=O) groups excluding carboxylic acids is 2. The monoisotopic (exact) mass is 413 g/mol. The van der Waals surface area contributed by atoms with E-state index in [9.17, 15) is 9.59 Å². The number of hydrogen-bond donors (Lipinski definition) is 1. The van der Waals surface area contributed by atoms with Crippen LogP contribution in [-0.4, -0.2) is 57.8 Å². The second-order valence-electron chi connectivity index (χ2n) is 7.81. The molecule has 1 fully saturated rings. The van der Waals surface area contributed by atoms with Crippen LogP contribution in [0.4, 0.5) is 0 Å². The zero-order valence-electron chi connectivity index (χ0n) is 16.8. The summed E-state index contributed by atoms with van der Waals surface area (Å²) in [5.74, 6) is 0.169. The minimum atomic E-state index is 0.0692. The summed E-state index contributed by atoms with van der Waals surface area (Å²) in [5, 5.41) is 4.99. The molecule has 2 amide bonds. The Morgan fingerprint density at radius 1 is 1.21 bits per heavy atom. The molecule has 154 valence electrons. The van der Waals surface area contributed by atoms with Crippen LogP contribution >= 0.6 is 11.3 Å². The minimum Gasteiger partial charge on any atom is -0.351 e. The fraction of sp³-hybridized carbons (Fsp3) is 0.524. The molecule has 0 aliphatic carbocycles. The number of hydrogen-bond acceptors (Lipinski definition) is 6. The summed E-state index contributed by atoms with van der Waals surface area (Å²) in [7, 11) is 0. The summed E-state index contributed by atoms with van der Waals surface area (Å²) in [4.78, 5) is 37.8. The highest BCUT2D eigenvalue weighted by molar-refractivity contribution is 7.07. The summed E-state index contributed by atoms with van der Waals surface area (Å²) >= 11 is 1.51. The van der Waals surface area contributed by atoms with Gasteiger partial charge in [-0.25, -0.2) is 4.98 Å². The molecular weight excluding hydrogens is 386 g/mol. The smallest absolute Gasteiger partial charge is 0.234 e. The Labute approximate surface area is 175 Å². The van der Waals surface area contributed by atoms with E-state index in [1.807, 2.05) is 23.4 Å². The summed E-state index contributed by atoms with van der Waals surface area (Å²) < 4.78 is 0. The Morgan fingerprint density at radius 2 is 2.03 bits per heavy atom. The van der Waals surface area contributed by atoms with Gasteiger partial charge in [-0.2, -0.15) is 0 Å². The molecule has 2 aliphatic heterocycles. The zero-order chi connectivity index (χ0) is 20.2. The first-order chi connectivity index (χ1) is 14.1. The van der Waals surface area contributed by atoms with Crippen LogP contribution in [0.25, 0.3) is 0 Å². The van der Waals surface area contributed by atoms with Crippen molar-refractivity contribution in [2.24, 2.45) is 0 Å². The number of carbonyl (C=O) groups is 2. The van der Waals surface area contributed by atoms with Crippen molar-refractivity contribution in [3.05, 3.63) is 45.2 Å². The number of likely N-dealkylation sites (tertiary alicyclic amines) is 1. The first-order valence-corrected chi connectivity index (χ1v) is 11.1. The SMILES string of the molecule is Cc1ncc2c(c1CNC(=O)CN1CCCC1)CCN(C(=O)Cc1cscn1)C2. The maximum Gasteiger partial charge on any atom is 0.234 e. The largest absolute Gasteiger partial charge is 0.351 e. The lowest BCUT2D eigenvalue weighted by Gasteiger charge is -2.30. The van der Waals surface area contributed by atoms with Gasteiger partial charge in [-0.05, 0) is 56.0 Å². The molecule has 0 bridgehead atoms. The van der Waals surface area contributed by atoms with Crippen molar-refractivity contribution >= 4 is 23.2 Å². The lowest BCUT2D eigenvalue weighted by molar-refractivity contribution is -0.131. The minimum absolute atomic E-state index is 0.0692. The average molecular weight is 414 g/mol. The number of nitrogens with one attached hydrogen (secondary N) is 1. The molecule has 0 atom stereocenters. The van der Waals surface area contributed by atoms with Crippen LogP contribution in [0.1, 0.15) is 40.9 Å². The van der Waals surface area contributed by atoms with E-state index in [1.54, 1.807) is 5.51 Å². The number of thiazole rings is 1. The van der Waals surface area contributed by atoms with E-state index in [0.29, 0.717) is 32.6 Å². The molecule has 2 aromatic rings. The molecule has 4 rings (SSSR count). The van der Waals surface area contributed by atoms with E-state index in [4.69, 9.17) is 0 Å². The van der Waals surface area contributed by atoms with Gasteiger partial charge in [-0.15, -0.1) is 11.3 Å². The van der Waals surface area contributed by atoms with Crippen LogP contribution in [0.3, 0.4) is 0 Å². The maximum absolute atomic E-state index is 12.6. The van der Waals surface area contributed by atoms with E-state index >= 15 is 0 Å². The Hall–Kier alpha value is -2.32. The van der Waals surface area contributed by atoms with Gasteiger partial charge in [0, 0.05) is 36.9 Å². The predicted molar refractivity (Wildman–Crippen MR) is 111 cm³/mol. The molecule has 7 nitrogen and oxygen atoms in total. The molecule has 0 spiro atoms. The normalized spacial score (nSPS) is 16.7. The lowest BCUT2D eigenvalue weighted by Crippen LogP contribution is -2.38. The summed E-state index contributed by atoms with van der Waals surface area (Å²) in [6.45, 7) is 6.25. The number of aryl methyl sites for hydroxylation is 1. The second kappa shape index (κ2) is 9.00. The summed E-state index contributed by atoms with van der Waals surface area (Å²) in [6.07, 6.45) is 5.37. The Bertz CT molecular complexity index is 877. The molecule has 8 heteroatoms. The van der Waals surface area contributed by atoms with Crippen molar-refractivity contribution in [2.45, 2.75) is 45.7 Å². The number of amides is 2. The Morgan fingerprint density at radius 3 is 2.79 bits per heavy atom. The Kier molecular flexibility index (Phi) is 6.20. The molecule has 0 unspecified atom stereocenters. The third-order valence-corrected chi connectivity index (χ3v) is 6.43. The van der Waals surface area contributed by atoms with Gasteiger partial charge in [-0.3, -0.25) is 19.5 Å². The fourth-order valence-electron chi connectivity index (χ4n) is 4.15. The third kappa shape index (κ3) is 4.82. The maximum atomic E-state index is 12.6. The molecule has 1 N–H and O–H groups in total. The number of pyridine rings is 1. The highest BCUT2D eigenvalue weighted by atomic mass is 32.1. The van der Waals surface area contributed by atoms with Crippen LogP contribution in [0, 0.1) is 6.92 Å². The number of nitrogens with zero attached hydrogens (tertiary/aromatic N) is 4. The van der Waals surface area contributed by atoms with Gasteiger partial charge in [-0.1, -0.05) is 0 Å². The second-order valence-corrected chi connectivity index (χ2v) is 8.53. The molecule has 1 saturated heterocycles. The quantitative estimate of drug-likeness (QED) is 0.780. The fourth-order valence-corrected chi connectivity index (χ4v) is 4.71. The molecule has 2 aromatic heterocycles. The highest BCUT2D eigenvalue weighted by Gasteiger charge is 2.24. The first-order valence-electron chi connectivity index (χ1n) is 10.2. The van der Waals surface area contributed by atoms with Crippen LogP contribution in [0.15, 0.2) is 17.1 Å². The zero-order valence-corrected chi connectivity index (χ0v) is 17.6. The first kappa shape index (κ1) is 20.0. The number of rotatable bonds is 6. The van der Waals surface area contributed by atoms with Crippen molar-refractivity contribution in [3.8, 4) is 0 Å². The van der Waals surface area contributed by atoms with Crippen molar-refractivity contribution in [1.29, 1.82) is 0 Å². The van der Waals surface area contributed by atoms with Gasteiger partial charge in [0.1, 0.15) is 0 Å². The average Bonchev–Trinajstić information content (AvgIpc) is 3.41. The highest BCUT2D eigenvalue weighted by Crippen LogP contribution is 2.24. The number of fused-ring (bicyclic) bond motifs is 1. The molecule has 29 heavy (non-hydrogen) atoms. The Balaban J connectivity index is 1.39. The summed E-state index contributed by atoms with van der Waals surface area (Å²) in [5.41, 5.74) is 6.95. The van der Waals surface area contributed by atoms with Gasteiger partial charge < -0.3 is 10.2 Å². The van der Waals surface area contributed by atoms with Gasteiger partial charge in [0.15, 0.2) is 0 Å². The van der Waals surface area contributed by atoms with Crippen LogP contribution in [0.2, 0.25) is 0 Å². The van der Waals surface area contributed by atoms with E-state index in [1.165, 1.54) is 29.7 Å². The molecule has 2 aliphatic rings. The molecule has 0 aromatic carbocycles. The van der Waals surface area contributed by atoms with Crippen molar-refractivity contribution in [2.75, 3.05) is 26.2 Å². The van der Waals surface area contributed by atoms with Gasteiger partial charge in [0.05, 0.1) is 24.2 Å². The van der Waals surface area contributed by atoms with Crippen molar-refractivity contribution in [3.63, 3.8) is 0 Å². The van der Waals surface area contributed by atoms with Gasteiger partial charge >= 0.3 is 0 Å². The molecule has 4 heterocycles. The third-order valence-electron chi connectivity index (χ3n) is 5.79. The van der Waals surface area contributed by atoms with Crippen LogP contribution in [0.5, 0.6) is 0 Å². The standard InChI is InChI=1S/C21H27N5O2S/c1-15-19(10-23-20(27)12-25-5-2-3-6-25)18-4-7-26(11-16(18)9-22-15)21(28)8-17-13-29-14-24-17/h9,13-14H,2-8,10-12H2,1H3,(H,23,27). The van der Waals surface area contributed by atoms with Gasteiger partial charge in [0.25, 0.3) is 0 Å². The van der Waals surface area contributed by atoms with Crippen LogP contribution in [-0.2, 0) is 35.5 Å². The van der Waals surface area contributed by atoms with E-state index in [2.05, 4.69) is 20.2 Å². The van der Waals surface area contributed by atoms with Crippen molar-refractivity contribution < 1.29 is 9.59 Å². The lowest BCUT2D eigenvalue weighted by atomic mass is 9.94. The van der Waals surface area contributed by atoms with Crippen molar-refractivity contribution in [1.82, 2.24) is 25.1 Å². The van der Waals surface area contributed by atoms with E-state index in [0.717, 1.165) is 42.0 Å². The number of aromatic nitrogens is 2. The topological polar surface area (TPSA) is 78.4 Å². The molecule has 0 saturated carbocycles. The van der Waals surface area contributed by atoms with Crippen LogP contribution < -0.4 is 5.32 Å².